The van der Waals surface area contributed by atoms with Crippen LogP contribution in [0.2, 0.25) is 10.0 Å². The summed E-state index contributed by atoms with van der Waals surface area (Å²) in [5, 5.41) is 9.63. The Balaban J connectivity index is 1.34. The van der Waals surface area contributed by atoms with E-state index in [1.54, 1.807) is 0 Å². The number of aliphatic hydroxyl groups excluding tert-OH is 1. The molecule has 2 aromatic carbocycles. The van der Waals surface area contributed by atoms with Gasteiger partial charge in [0.25, 0.3) is 5.91 Å². The van der Waals surface area contributed by atoms with Gasteiger partial charge in [-0.25, -0.2) is 9.69 Å². The number of rotatable bonds is 8. The topological polar surface area (TPSA) is 107 Å². The summed E-state index contributed by atoms with van der Waals surface area (Å²) in [4.78, 5) is 55.7. The molecule has 0 spiro atoms. The van der Waals surface area contributed by atoms with Crippen LogP contribution < -0.4 is 4.90 Å². The van der Waals surface area contributed by atoms with Crippen molar-refractivity contribution in [3.8, 4) is 0 Å². The van der Waals surface area contributed by atoms with E-state index in [0.717, 1.165) is 18.0 Å². The molecule has 2 aromatic rings. The van der Waals surface area contributed by atoms with Crippen LogP contribution in [0.4, 0.5) is 5.69 Å². The number of amides is 2. The van der Waals surface area contributed by atoms with E-state index in [-0.39, 0.29) is 41.0 Å². The Labute approximate surface area is 218 Å². The van der Waals surface area contributed by atoms with Crippen molar-refractivity contribution in [2.45, 2.75) is 12.5 Å². The third-order valence-corrected chi connectivity index (χ3v) is 7.06. The van der Waals surface area contributed by atoms with Crippen LogP contribution in [0, 0.1) is 0 Å². The minimum Gasteiger partial charge on any atom is -0.454 e. The molecule has 4 rings (SSSR count). The maximum atomic E-state index is 13.1. The van der Waals surface area contributed by atoms with Crippen molar-refractivity contribution < 1.29 is 29.0 Å². The molecule has 36 heavy (non-hydrogen) atoms. The van der Waals surface area contributed by atoms with Gasteiger partial charge in [0.15, 0.2) is 12.4 Å². The Morgan fingerprint density at radius 2 is 1.61 bits per heavy atom. The van der Waals surface area contributed by atoms with Crippen LogP contribution in [0.3, 0.4) is 0 Å². The van der Waals surface area contributed by atoms with Gasteiger partial charge < -0.3 is 9.84 Å². The number of hydrogen-bond acceptors (Lipinski definition) is 8. The molecule has 2 fully saturated rings. The molecule has 2 amide bonds. The van der Waals surface area contributed by atoms with Gasteiger partial charge in [-0.2, -0.15) is 0 Å². The van der Waals surface area contributed by atoms with Crippen molar-refractivity contribution in [1.29, 1.82) is 0 Å². The average molecular weight is 534 g/mol. The molecule has 0 aliphatic carbocycles. The van der Waals surface area contributed by atoms with Crippen LogP contribution in [-0.2, 0) is 14.3 Å². The van der Waals surface area contributed by atoms with Crippen LogP contribution in [-0.4, -0.2) is 90.5 Å². The van der Waals surface area contributed by atoms with Crippen molar-refractivity contribution >= 4 is 52.5 Å². The number of nitrogens with zero attached hydrogens (tertiary/aromatic N) is 3. The molecule has 0 saturated carbocycles. The number of ether oxygens (including phenoxy) is 1. The fraction of sp³-hybridized carbons (Fsp3) is 0.360. The number of imide groups is 1. The first kappa shape index (κ1) is 26.2. The van der Waals surface area contributed by atoms with Crippen molar-refractivity contribution in [2.24, 2.45) is 0 Å². The fourth-order valence-electron chi connectivity index (χ4n) is 4.33. The lowest BCUT2D eigenvalue weighted by Crippen LogP contribution is -2.52. The number of ketones is 1. The molecule has 2 saturated heterocycles. The fourth-order valence-corrected chi connectivity index (χ4v) is 4.62. The second-order valence-corrected chi connectivity index (χ2v) is 9.38. The first-order chi connectivity index (χ1) is 17.3. The molecule has 1 atom stereocenters. The molecule has 0 radical (unpaired) electrons. The first-order valence-corrected chi connectivity index (χ1v) is 12.2. The van der Waals surface area contributed by atoms with Gasteiger partial charge in [-0.15, -0.1) is 0 Å². The number of hydrogen-bond donors (Lipinski definition) is 1. The van der Waals surface area contributed by atoms with Crippen LogP contribution in [0.25, 0.3) is 0 Å². The molecule has 190 valence electrons. The maximum Gasteiger partial charge on any atom is 0.338 e. The predicted molar refractivity (Wildman–Crippen MR) is 134 cm³/mol. The van der Waals surface area contributed by atoms with Gasteiger partial charge in [-0.1, -0.05) is 23.2 Å². The number of anilines is 1. The summed E-state index contributed by atoms with van der Waals surface area (Å²) in [6.45, 7) is 2.94. The predicted octanol–water partition coefficient (Wildman–Crippen LogP) is 2.27. The minimum absolute atomic E-state index is 0.0890. The van der Waals surface area contributed by atoms with E-state index in [4.69, 9.17) is 33.0 Å². The Morgan fingerprint density at radius 1 is 0.944 bits per heavy atom. The van der Waals surface area contributed by atoms with Crippen LogP contribution >= 0.6 is 23.2 Å². The van der Waals surface area contributed by atoms with Gasteiger partial charge in [0.1, 0.15) is 0 Å². The quantitative estimate of drug-likeness (QED) is 0.313. The van der Waals surface area contributed by atoms with Crippen molar-refractivity contribution in [3.63, 3.8) is 0 Å². The molecule has 9 nitrogen and oxygen atoms in total. The van der Waals surface area contributed by atoms with Gasteiger partial charge in [0.2, 0.25) is 5.91 Å². The number of halogens is 2. The van der Waals surface area contributed by atoms with E-state index < -0.39 is 24.4 Å². The van der Waals surface area contributed by atoms with Gasteiger partial charge in [0.05, 0.1) is 40.4 Å². The van der Waals surface area contributed by atoms with Gasteiger partial charge in [0, 0.05) is 38.3 Å². The zero-order chi connectivity index (χ0) is 25.8. The van der Waals surface area contributed by atoms with E-state index in [0.29, 0.717) is 30.3 Å². The van der Waals surface area contributed by atoms with Gasteiger partial charge in [-0.05, 0) is 42.5 Å². The van der Waals surface area contributed by atoms with Crippen molar-refractivity contribution in [1.82, 2.24) is 9.80 Å². The number of benzene rings is 2. The summed E-state index contributed by atoms with van der Waals surface area (Å²) in [7, 11) is 0. The summed E-state index contributed by atoms with van der Waals surface area (Å²) >= 11 is 11.8. The van der Waals surface area contributed by atoms with Crippen molar-refractivity contribution in [3.05, 3.63) is 63.6 Å². The van der Waals surface area contributed by atoms with E-state index in [9.17, 15) is 19.2 Å². The summed E-state index contributed by atoms with van der Waals surface area (Å²) in [6, 6.07) is 9.77. The Hall–Kier alpha value is -2.82. The highest BCUT2D eigenvalue weighted by Gasteiger charge is 2.43. The van der Waals surface area contributed by atoms with Crippen LogP contribution in [0.1, 0.15) is 27.1 Å². The largest absolute Gasteiger partial charge is 0.454 e. The summed E-state index contributed by atoms with van der Waals surface area (Å²) in [5.74, 6) is -1.74. The molecule has 2 heterocycles. The standard InChI is InChI=1S/C25H25Cl2N3O6/c26-19-6-3-17(13-20(19)27)22(32)15-36-25(35)16-1-4-18(5-2-16)30-23(33)14-21(24(30)34)29-9-7-28(8-10-29)11-12-31/h1-6,13,21,31H,7-12,14-15H2. The Bertz CT molecular complexity index is 1160. The second-order valence-electron chi connectivity index (χ2n) is 8.56. The number of aliphatic hydroxyl groups is 1. The molecular formula is C25H25Cl2N3O6. The monoisotopic (exact) mass is 533 g/mol. The lowest BCUT2D eigenvalue weighted by atomic mass is 10.1. The van der Waals surface area contributed by atoms with Crippen LogP contribution in [0.15, 0.2) is 42.5 Å². The highest BCUT2D eigenvalue weighted by atomic mass is 35.5. The first-order valence-electron chi connectivity index (χ1n) is 11.5. The van der Waals surface area contributed by atoms with E-state index in [1.807, 2.05) is 4.90 Å². The highest BCUT2D eigenvalue weighted by Crippen LogP contribution is 2.27. The van der Waals surface area contributed by atoms with E-state index in [1.165, 1.54) is 42.5 Å². The van der Waals surface area contributed by atoms with Crippen molar-refractivity contribution in [2.75, 3.05) is 50.8 Å². The molecule has 1 unspecified atom stereocenters. The minimum atomic E-state index is -0.715. The Morgan fingerprint density at radius 3 is 2.25 bits per heavy atom. The maximum absolute atomic E-state index is 13.1. The molecular weight excluding hydrogens is 509 g/mol. The normalized spacial score (nSPS) is 19.1. The van der Waals surface area contributed by atoms with Crippen LogP contribution in [0.5, 0.6) is 0 Å². The number of carbonyl (C=O) groups is 4. The average Bonchev–Trinajstić information content (AvgIpc) is 3.18. The lowest BCUT2D eigenvalue weighted by molar-refractivity contribution is -0.123. The highest BCUT2D eigenvalue weighted by molar-refractivity contribution is 6.42. The number of piperazine rings is 1. The number of Topliss-reactive ketones (excluding diaryl/α,β-unsaturated/α-hetero) is 1. The zero-order valence-electron chi connectivity index (χ0n) is 19.4. The molecule has 0 aromatic heterocycles. The third kappa shape index (κ3) is 5.77. The lowest BCUT2D eigenvalue weighted by Gasteiger charge is -2.36. The summed E-state index contributed by atoms with van der Waals surface area (Å²) < 4.78 is 5.11. The zero-order valence-corrected chi connectivity index (χ0v) is 20.9. The number of carbonyl (C=O) groups excluding carboxylic acids is 4. The molecule has 11 heteroatoms. The van der Waals surface area contributed by atoms with E-state index in [2.05, 4.69) is 4.90 Å². The third-order valence-electron chi connectivity index (χ3n) is 6.32. The summed E-state index contributed by atoms with van der Waals surface area (Å²) in [5.41, 5.74) is 0.814. The molecule has 2 aliphatic rings. The Kier molecular flexibility index (Phi) is 8.38. The summed E-state index contributed by atoms with van der Waals surface area (Å²) in [6.07, 6.45) is 0.0967. The molecule has 2 aliphatic heterocycles. The number of β-amino-alcohol motifs (C(OH)–C–C–N with tert-alkyl or cyclic N) is 1. The molecule has 1 N–H and O–H groups in total. The second kappa shape index (κ2) is 11.5. The smallest absolute Gasteiger partial charge is 0.338 e. The van der Waals surface area contributed by atoms with E-state index >= 15 is 0 Å². The molecule has 0 bridgehead atoms. The van der Waals surface area contributed by atoms with Gasteiger partial charge in [-0.3, -0.25) is 24.2 Å². The SMILES string of the molecule is O=C(COC(=O)c1ccc(N2C(=O)CC(N3CCN(CCO)CC3)C2=O)cc1)c1ccc(Cl)c(Cl)c1. The number of esters is 1. The van der Waals surface area contributed by atoms with Gasteiger partial charge >= 0.3 is 5.97 Å².